The Morgan fingerprint density at radius 3 is 2.24 bits per heavy atom. The van der Waals surface area contributed by atoms with Gasteiger partial charge in [0.2, 0.25) is 5.91 Å². The summed E-state index contributed by atoms with van der Waals surface area (Å²) in [5.74, 6) is -0.338. The fourth-order valence-corrected chi connectivity index (χ4v) is 3.00. The molecule has 5 heteroatoms. The number of anilines is 3. The number of hydrogen-bond acceptors (Lipinski definition) is 3. The van der Waals surface area contributed by atoms with Crippen molar-refractivity contribution in [2.45, 2.75) is 20.8 Å². The molecule has 0 aromatic heterocycles. The van der Waals surface area contributed by atoms with Crippen molar-refractivity contribution >= 4 is 28.9 Å². The Kier molecular flexibility index (Phi) is 6.29. The first kappa shape index (κ1) is 20.1. The van der Waals surface area contributed by atoms with Gasteiger partial charge in [0.15, 0.2) is 0 Å². The van der Waals surface area contributed by atoms with Crippen LogP contribution in [-0.2, 0) is 4.79 Å². The summed E-state index contributed by atoms with van der Waals surface area (Å²) in [6, 6.07) is 20.6. The van der Waals surface area contributed by atoms with Crippen LogP contribution >= 0.6 is 0 Å². The number of rotatable bonds is 6. The molecule has 3 N–H and O–H groups in total. The second-order valence-electron chi connectivity index (χ2n) is 7.07. The molecule has 0 aliphatic heterocycles. The summed E-state index contributed by atoms with van der Waals surface area (Å²) in [5, 5.41) is 8.91. The molecule has 0 unspecified atom stereocenters. The lowest BCUT2D eigenvalue weighted by atomic mass is 10.1. The number of nitrogens with one attached hydrogen (secondary N) is 3. The fraction of sp³-hybridized carbons (Fsp3) is 0.167. The van der Waals surface area contributed by atoms with E-state index in [1.165, 1.54) is 0 Å². The van der Waals surface area contributed by atoms with Crippen LogP contribution < -0.4 is 16.0 Å². The summed E-state index contributed by atoms with van der Waals surface area (Å²) >= 11 is 0. The molecule has 0 atom stereocenters. The van der Waals surface area contributed by atoms with Crippen LogP contribution in [0.1, 0.15) is 27.0 Å². The van der Waals surface area contributed by atoms with Crippen molar-refractivity contribution in [2.75, 3.05) is 22.5 Å². The van der Waals surface area contributed by atoms with E-state index in [0.29, 0.717) is 5.56 Å². The maximum atomic E-state index is 12.5. The van der Waals surface area contributed by atoms with E-state index >= 15 is 0 Å². The van der Waals surface area contributed by atoms with Crippen molar-refractivity contribution < 1.29 is 9.59 Å². The second-order valence-corrected chi connectivity index (χ2v) is 7.07. The molecule has 29 heavy (non-hydrogen) atoms. The van der Waals surface area contributed by atoms with Crippen molar-refractivity contribution in [1.29, 1.82) is 0 Å². The summed E-state index contributed by atoms with van der Waals surface area (Å²) in [6.07, 6.45) is 0. The zero-order valence-corrected chi connectivity index (χ0v) is 16.9. The maximum Gasteiger partial charge on any atom is 0.255 e. The number of amides is 2. The number of benzene rings is 3. The van der Waals surface area contributed by atoms with Crippen LogP contribution in [0.4, 0.5) is 17.1 Å². The van der Waals surface area contributed by atoms with E-state index in [0.717, 1.165) is 33.8 Å². The number of aryl methyl sites for hydroxylation is 3. The lowest BCUT2D eigenvalue weighted by Gasteiger charge is -2.13. The van der Waals surface area contributed by atoms with Crippen LogP contribution in [0, 0.1) is 20.8 Å². The Hall–Kier alpha value is -3.60. The first-order valence-electron chi connectivity index (χ1n) is 9.50. The molecular weight excluding hydrogens is 362 g/mol. The van der Waals surface area contributed by atoms with E-state index in [4.69, 9.17) is 0 Å². The zero-order valence-electron chi connectivity index (χ0n) is 16.9. The molecule has 0 aliphatic rings. The normalized spacial score (nSPS) is 10.3. The Labute approximate surface area is 171 Å². The van der Waals surface area contributed by atoms with Crippen molar-refractivity contribution in [3.63, 3.8) is 0 Å². The van der Waals surface area contributed by atoms with Gasteiger partial charge in [0.1, 0.15) is 0 Å². The molecule has 3 aromatic rings. The molecule has 0 aliphatic carbocycles. The summed E-state index contributed by atoms with van der Waals surface area (Å²) in [6.45, 7) is 6.03. The van der Waals surface area contributed by atoms with Gasteiger partial charge in [-0.05, 0) is 62.2 Å². The Bertz CT molecular complexity index is 1030. The minimum Gasteiger partial charge on any atom is -0.376 e. The molecule has 5 nitrogen and oxygen atoms in total. The van der Waals surface area contributed by atoms with Crippen LogP contribution in [0.3, 0.4) is 0 Å². The van der Waals surface area contributed by atoms with Crippen molar-refractivity contribution in [3.05, 3.63) is 89.0 Å². The average molecular weight is 387 g/mol. The lowest BCUT2D eigenvalue weighted by Crippen LogP contribution is -2.22. The van der Waals surface area contributed by atoms with Gasteiger partial charge in [-0.1, -0.05) is 42.0 Å². The molecule has 3 aromatic carbocycles. The van der Waals surface area contributed by atoms with Crippen LogP contribution in [0.15, 0.2) is 66.7 Å². The van der Waals surface area contributed by atoms with E-state index in [-0.39, 0.29) is 18.4 Å². The third-order valence-corrected chi connectivity index (χ3v) is 4.63. The van der Waals surface area contributed by atoms with Gasteiger partial charge in [-0.25, -0.2) is 0 Å². The Morgan fingerprint density at radius 2 is 1.52 bits per heavy atom. The van der Waals surface area contributed by atoms with Gasteiger partial charge >= 0.3 is 0 Å². The van der Waals surface area contributed by atoms with E-state index in [1.807, 2.05) is 75.4 Å². The highest BCUT2D eigenvalue weighted by atomic mass is 16.2. The number of para-hydroxylation sites is 1. The average Bonchev–Trinajstić information content (AvgIpc) is 2.70. The smallest absolute Gasteiger partial charge is 0.255 e. The molecular formula is C24H25N3O2. The monoisotopic (exact) mass is 387 g/mol. The fourth-order valence-electron chi connectivity index (χ4n) is 3.00. The van der Waals surface area contributed by atoms with Crippen LogP contribution in [0.5, 0.6) is 0 Å². The topological polar surface area (TPSA) is 70.2 Å². The minimum atomic E-state index is -0.195. The number of hydrogen-bond donors (Lipinski definition) is 3. The van der Waals surface area contributed by atoms with Crippen molar-refractivity contribution in [1.82, 2.24) is 0 Å². The van der Waals surface area contributed by atoms with E-state index in [2.05, 4.69) is 16.0 Å². The van der Waals surface area contributed by atoms with Gasteiger partial charge in [-0.2, -0.15) is 0 Å². The minimum absolute atomic E-state index is 0.109. The van der Waals surface area contributed by atoms with Gasteiger partial charge in [0, 0.05) is 22.6 Å². The van der Waals surface area contributed by atoms with E-state index in [1.54, 1.807) is 12.1 Å². The van der Waals surface area contributed by atoms with E-state index < -0.39 is 0 Å². The molecule has 0 saturated heterocycles. The van der Waals surface area contributed by atoms with E-state index in [9.17, 15) is 9.59 Å². The van der Waals surface area contributed by atoms with Crippen LogP contribution in [0.2, 0.25) is 0 Å². The largest absolute Gasteiger partial charge is 0.376 e. The number of carbonyl (C=O) groups excluding carboxylic acids is 2. The van der Waals surface area contributed by atoms with Gasteiger partial charge in [-0.15, -0.1) is 0 Å². The van der Waals surface area contributed by atoms with Gasteiger partial charge in [0.05, 0.1) is 6.54 Å². The predicted octanol–water partition coefficient (Wildman–Crippen LogP) is 4.91. The molecule has 0 bridgehead atoms. The zero-order chi connectivity index (χ0) is 20.8. The van der Waals surface area contributed by atoms with Gasteiger partial charge < -0.3 is 16.0 Å². The quantitative estimate of drug-likeness (QED) is 0.562. The summed E-state index contributed by atoms with van der Waals surface area (Å²) in [4.78, 5) is 24.8. The Morgan fingerprint density at radius 1 is 0.759 bits per heavy atom. The molecule has 148 valence electrons. The van der Waals surface area contributed by atoms with Crippen LogP contribution in [0.25, 0.3) is 0 Å². The first-order chi connectivity index (χ1) is 13.9. The maximum absolute atomic E-state index is 12.5. The third kappa shape index (κ3) is 5.45. The molecule has 0 radical (unpaired) electrons. The first-order valence-corrected chi connectivity index (χ1v) is 9.50. The molecule has 3 rings (SSSR count). The van der Waals surface area contributed by atoms with Gasteiger partial charge in [-0.3, -0.25) is 9.59 Å². The van der Waals surface area contributed by atoms with Crippen molar-refractivity contribution in [3.8, 4) is 0 Å². The Balaban J connectivity index is 1.63. The van der Waals surface area contributed by atoms with Crippen molar-refractivity contribution in [2.24, 2.45) is 0 Å². The second kappa shape index (κ2) is 9.06. The lowest BCUT2D eigenvalue weighted by molar-refractivity contribution is -0.114. The predicted molar refractivity (Wildman–Crippen MR) is 119 cm³/mol. The third-order valence-electron chi connectivity index (χ3n) is 4.63. The standard InChI is InChI=1S/C24H25N3O2/c1-16-9-12-21(18(3)13-16)27-23(28)15-25-22-14-19(11-10-17(22)2)24(29)26-20-7-5-4-6-8-20/h4-14,25H,15H2,1-3H3,(H,26,29)(H,27,28). The molecule has 0 heterocycles. The van der Waals surface area contributed by atoms with Crippen LogP contribution in [-0.4, -0.2) is 18.4 Å². The molecule has 0 saturated carbocycles. The molecule has 0 fully saturated rings. The highest BCUT2D eigenvalue weighted by Gasteiger charge is 2.10. The highest BCUT2D eigenvalue weighted by Crippen LogP contribution is 2.19. The summed E-state index contributed by atoms with van der Waals surface area (Å²) in [7, 11) is 0. The number of carbonyl (C=O) groups is 2. The summed E-state index contributed by atoms with van der Waals surface area (Å²) in [5.41, 5.74) is 5.95. The highest BCUT2D eigenvalue weighted by molar-refractivity contribution is 6.05. The molecule has 0 spiro atoms. The van der Waals surface area contributed by atoms with Gasteiger partial charge in [0.25, 0.3) is 5.91 Å². The SMILES string of the molecule is Cc1ccc(NC(=O)CNc2cc(C(=O)Nc3ccccc3)ccc2C)c(C)c1. The molecule has 2 amide bonds. The summed E-state index contributed by atoms with van der Waals surface area (Å²) < 4.78 is 0.